The number of oxime groups is 1. The molecule has 5 rings (SSSR count). The number of likely N-dealkylation sites (tertiary alicyclic amines) is 1. The van der Waals surface area contributed by atoms with Crippen LogP contribution in [0, 0.1) is 18.7 Å². The Labute approximate surface area is 250 Å². The van der Waals surface area contributed by atoms with Crippen molar-refractivity contribution < 1.29 is 38.4 Å². The fourth-order valence-electron chi connectivity index (χ4n) is 6.06. The highest BCUT2D eigenvalue weighted by Gasteiger charge is 2.48. The van der Waals surface area contributed by atoms with Gasteiger partial charge < -0.3 is 34.2 Å². The Morgan fingerprint density at radius 3 is 2.60 bits per heavy atom. The van der Waals surface area contributed by atoms with Crippen molar-refractivity contribution in [2.24, 2.45) is 11.1 Å². The number of halogens is 1. The molecular formula is C30H42FN5O7. The van der Waals surface area contributed by atoms with E-state index in [0.29, 0.717) is 42.8 Å². The molecule has 0 saturated carbocycles. The minimum atomic E-state index is -1.14. The summed E-state index contributed by atoms with van der Waals surface area (Å²) in [6.45, 7) is 8.03. The summed E-state index contributed by atoms with van der Waals surface area (Å²) in [5.74, 6) is -0.144. The van der Waals surface area contributed by atoms with E-state index in [2.05, 4.69) is 15.5 Å². The quantitative estimate of drug-likeness (QED) is 0.488. The second-order valence-electron chi connectivity index (χ2n) is 12.6. The van der Waals surface area contributed by atoms with E-state index in [1.165, 1.54) is 17.9 Å². The Balaban J connectivity index is 1.23. The second kappa shape index (κ2) is 12.8. The average Bonchev–Trinajstić information content (AvgIpc) is 3.64. The highest BCUT2D eigenvalue weighted by molar-refractivity contribution is 5.88. The summed E-state index contributed by atoms with van der Waals surface area (Å²) < 4.78 is 33.2. The topological polar surface area (TPSA) is 141 Å². The standard InChI is InChI=1S/C30H42FN5O7/c1-17-6-7-19(12-21(17)31)23-15-36(34-32-23)26-27(38)25(16-37)41-24(28(26)40-5)14-20-13-22(33-43-20)18-8-10-35(11-9-18)29(39)42-30(2,3)4/h6-7,12,15,18,20,24-28,37-38H,8-11,13-14,16H2,1-5H3/t20-,24-,25-,26+,27+,28+/m1/s1. The first-order valence-electron chi connectivity index (χ1n) is 14.8. The average molecular weight is 604 g/mol. The molecule has 1 aromatic heterocycles. The van der Waals surface area contributed by atoms with E-state index in [0.717, 1.165) is 18.6 Å². The van der Waals surface area contributed by atoms with Crippen LogP contribution in [0.3, 0.4) is 0 Å². The minimum Gasteiger partial charge on any atom is -0.444 e. The van der Waals surface area contributed by atoms with Crippen molar-refractivity contribution in [3.63, 3.8) is 0 Å². The molecule has 43 heavy (non-hydrogen) atoms. The number of rotatable bonds is 7. The number of aryl methyl sites for hydroxylation is 1. The second-order valence-corrected chi connectivity index (χ2v) is 12.6. The molecule has 1 aromatic carbocycles. The molecule has 1 amide bonds. The van der Waals surface area contributed by atoms with E-state index >= 15 is 0 Å². The van der Waals surface area contributed by atoms with Crippen LogP contribution < -0.4 is 0 Å². The number of aliphatic hydroxyl groups excluding tert-OH is 2. The van der Waals surface area contributed by atoms with Gasteiger partial charge in [0.15, 0.2) is 0 Å². The van der Waals surface area contributed by atoms with Crippen molar-refractivity contribution in [3.8, 4) is 11.3 Å². The predicted octanol–water partition coefficient (Wildman–Crippen LogP) is 3.25. The Kier molecular flexibility index (Phi) is 9.35. The minimum absolute atomic E-state index is 0.203. The first-order chi connectivity index (χ1) is 20.5. The zero-order chi connectivity index (χ0) is 30.9. The largest absolute Gasteiger partial charge is 0.444 e. The van der Waals surface area contributed by atoms with Gasteiger partial charge in [0.1, 0.15) is 47.6 Å². The van der Waals surface area contributed by atoms with Crippen molar-refractivity contribution in [1.29, 1.82) is 0 Å². The fraction of sp³-hybridized carbons (Fsp3) is 0.667. The molecule has 2 fully saturated rings. The van der Waals surface area contributed by atoms with Crippen LogP contribution in [0.4, 0.5) is 9.18 Å². The molecule has 3 aliphatic heterocycles. The Morgan fingerprint density at radius 2 is 1.95 bits per heavy atom. The number of piperidine rings is 1. The molecule has 6 atom stereocenters. The lowest BCUT2D eigenvalue weighted by atomic mass is 9.86. The van der Waals surface area contributed by atoms with Gasteiger partial charge in [-0.1, -0.05) is 22.5 Å². The number of hydrogen-bond acceptors (Lipinski definition) is 10. The number of ether oxygens (including phenoxy) is 3. The van der Waals surface area contributed by atoms with E-state index < -0.39 is 42.7 Å². The molecule has 0 radical (unpaired) electrons. The number of methoxy groups -OCH3 is 1. The summed E-state index contributed by atoms with van der Waals surface area (Å²) in [6.07, 6.45) is 0.408. The number of carbonyl (C=O) groups is 1. The van der Waals surface area contributed by atoms with Gasteiger partial charge in [0, 0.05) is 44.5 Å². The first-order valence-corrected chi connectivity index (χ1v) is 14.8. The third-order valence-corrected chi connectivity index (χ3v) is 8.39. The highest BCUT2D eigenvalue weighted by Crippen LogP contribution is 2.36. The molecule has 13 heteroatoms. The molecule has 3 aliphatic rings. The van der Waals surface area contributed by atoms with Gasteiger partial charge >= 0.3 is 6.09 Å². The van der Waals surface area contributed by atoms with Gasteiger partial charge in [0.2, 0.25) is 0 Å². The maximum absolute atomic E-state index is 14.2. The number of aromatic nitrogens is 3. The van der Waals surface area contributed by atoms with E-state index in [4.69, 9.17) is 19.0 Å². The lowest BCUT2D eigenvalue weighted by molar-refractivity contribution is -0.219. The highest BCUT2D eigenvalue weighted by atomic mass is 19.1. The monoisotopic (exact) mass is 603 g/mol. The summed E-state index contributed by atoms with van der Waals surface area (Å²) in [5.41, 5.74) is 1.95. The summed E-state index contributed by atoms with van der Waals surface area (Å²) >= 11 is 0. The van der Waals surface area contributed by atoms with Gasteiger partial charge in [0.25, 0.3) is 0 Å². The molecular weight excluding hydrogens is 561 g/mol. The zero-order valence-electron chi connectivity index (χ0n) is 25.4. The Hall–Kier alpha value is -3.13. The van der Waals surface area contributed by atoms with Crippen LogP contribution in [0.15, 0.2) is 29.6 Å². The number of aliphatic hydroxyl groups is 2. The van der Waals surface area contributed by atoms with Crippen LogP contribution in [0.1, 0.15) is 58.1 Å². The molecule has 12 nitrogen and oxygen atoms in total. The Bertz CT molecular complexity index is 1310. The van der Waals surface area contributed by atoms with Gasteiger partial charge in [-0.3, -0.25) is 0 Å². The number of benzene rings is 1. The van der Waals surface area contributed by atoms with Gasteiger partial charge in [-0.2, -0.15) is 0 Å². The van der Waals surface area contributed by atoms with E-state index in [9.17, 15) is 19.4 Å². The molecule has 0 spiro atoms. The zero-order valence-corrected chi connectivity index (χ0v) is 25.4. The van der Waals surface area contributed by atoms with Crippen LogP contribution >= 0.6 is 0 Å². The van der Waals surface area contributed by atoms with Crippen molar-refractivity contribution >= 4 is 11.8 Å². The van der Waals surface area contributed by atoms with Crippen molar-refractivity contribution in [2.75, 3.05) is 26.8 Å². The summed E-state index contributed by atoms with van der Waals surface area (Å²) in [6, 6.07) is 4.10. The lowest BCUT2D eigenvalue weighted by Crippen LogP contribution is -2.57. The molecule has 2 aromatic rings. The van der Waals surface area contributed by atoms with Gasteiger partial charge in [0.05, 0.1) is 24.6 Å². The Morgan fingerprint density at radius 1 is 1.21 bits per heavy atom. The maximum atomic E-state index is 14.2. The van der Waals surface area contributed by atoms with E-state index in [-0.39, 0.29) is 23.9 Å². The van der Waals surface area contributed by atoms with Crippen molar-refractivity contribution in [1.82, 2.24) is 19.9 Å². The van der Waals surface area contributed by atoms with Crippen LogP contribution in [-0.4, -0.2) is 105 Å². The normalized spacial score (nSPS) is 28.5. The number of amides is 1. The van der Waals surface area contributed by atoms with Gasteiger partial charge in [-0.25, -0.2) is 13.9 Å². The van der Waals surface area contributed by atoms with Crippen LogP contribution in [0.25, 0.3) is 11.3 Å². The molecule has 2 N–H and O–H groups in total. The molecule has 236 valence electrons. The maximum Gasteiger partial charge on any atom is 0.410 e. The SMILES string of the molecule is CO[C@@H]1[C@@H](n2cc(-c3ccc(C)c(F)c3)nn2)[C@@H](O)[C@@H](CO)O[C@@H]1C[C@H]1CC(C2CCN(C(=O)OC(C)(C)C)CC2)=NO1. The number of nitrogens with zero attached hydrogens (tertiary/aromatic N) is 5. The third-order valence-electron chi connectivity index (χ3n) is 8.39. The lowest BCUT2D eigenvalue weighted by Gasteiger charge is -2.44. The summed E-state index contributed by atoms with van der Waals surface area (Å²) in [7, 11) is 1.53. The van der Waals surface area contributed by atoms with Crippen molar-refractivity contribution in [3.05, 3.63) is 35.8 Å². The van der Waals surface area contributed by atoms with Crippen LogP contribution in [0.2, 0.25) is 0 Å². The molecule has 0 unspecified atom stereocenters. The molecule has 2 saturated heterocycles. The summed E-state index contributed by atoms with van der Waals surface area (Å²) in [4.78, 5) is 20.0. The molecule has 4 heterocycles. The number of carbonyl (C=O) groups excluding carboxylic acids is 1. The van der Waals surface area contributed by atoms with Gasteiger partial charge in [-0.05, 0) is 52.2 Å². The van der Waals surface area contributed by atoms with Gasteiger partial charge in [-0.15, -0.1) is 5.10 Å². The van der Waals surface area contributed by atoms with Crippen LogP contribution in [0.5, 0.6) is 0 Å². The van der Waals surface area contributed by atoms with Crippen molar-refractivity contribution in [2.45, 2.75) is 95.5 Å². The van der Waals surface area contributed by atoms with E-state index in [1.54, 1.807) is 30.2 Å². The van der Waals surface area contributed by atoms with E-state index in [1.807, 2.05) is 20.8 Å². The first kappa shape index (κ1) is 31.3. The predicted molar refractivity (Wildman–Crippen MR) is 154 cm³/mol. The molecule has 0 aliphatic carbocycles. The number of hydrogen-bond donors (Lipinski definition) is 2. The molecule has 0 bridgehead atoms. The third kappa shape index (κ3) is 7.00. The summed E-state index contributed by atoms with van der Waals surface area (Å²) in [5, 5.41) is 34.0. The smallest absolute Gasteiger partial charge is 0.410 e. The van der Waals surface area contributed by atoms with Crippen LogP contribution in [-0.2, 0) is 19.0 Å². The fourth-order valence-corrected chi connectivity index (χ4v) is 6.06.